The number of carbonyl (C=O) groups excluding carboxylic acids is 1. The van der Waals surface area contributed by atoms with Gasteiger partial charge in [-0.3, -0.25) is 4.79 Å². The highest BCUT2D eigenvalue weighted by Crippen LogP contribution is 2.22. The molecule has 0 atom stereocenters. The summed E-state index contributed by atoms with van der Waals surface area (Å²) >= 11 is 0. The van der Waals surface area contributed by atoms with Crippen LogP contribution in [0, 0.1) is 0 Å². The minimum absolute atomic E-state index is 0. The number of carbonyl (C=O) groups is 1. The summed E-state index contributed by atoms with van der Waals surface area (Å²) in [4.78, 5) is 14.7. The predicted molar refractivity (Wildman–Crippen MR) is 61.4 cm³/mol. The van der Waals surface area contributed by atoms with E-state index in [1.54, 1.807) is 6.07 Å². The van der Waals surface area contributed by atoms with Gasteiger partial charge >= 0.3 is 0 Å². The number of nitrogen functional groups attached to an aromatic ring is 1. The fourth-order valence-electron chi connectivity index (χ4n) is 0.983. The van der Waals surface area contributed by atoms with E-state index in [9.17, 15) is 4.79 Å². The zero-order valence-electron chi connectivity index (χ0n) is 8.61. The molecule has 15 heavy (non-hydrogen) atoms. The Bertz CT molecular complexity index is 344. The van der Waals surface area contributed by atoms with Crippen molar-refractivity contribution in [2.75, 3.05) is 17.7 Å². The number of amides is 1. The number of hydrogen-bond donors (Lipinski definition) is 2. The molecule has 0 spiro atoms. The molecular formula is C9H14ClN3O2. The monoisotopic (exact) mass is 231 g/mol. The van der Waals surface area contributed by atoms with Crippen molar-refractivity contribution >= 4 is 29.8 Å². The van der Waals surface area contributed by atoms with Gasteiger partial charge in [0.2, 0.25) is 5.91 Å². The Morgan fingerprint density at radius 2 is 2.33 bits per heavy atom. The van der Waals surface area contributed by atoms with Gasteiger partial charge in [-0.2, -0.15) is 0 Å². The van der Waals surface area contributed by atoms with Crippen LogP contribution in [-0.2, 0) is 4.79 Å². The summed E-state index contributed by atoms with van der Waals surface area (Å²) in [6, 6.07) is 1.56. The van der Waals surface area contributed by atoms with E-state index in [1.165, 1.54) is 13.1 Å². The second kappa shape index (κ2) is 6.08. The molecule has 1 aromatic heterocycles. The van der Waals surface area contributed by atoms with Crippen molar-refractivity contribution in [3.8, 4) is 5.75 Å². The van der Waals surface area contributed by atoms with E-state index in [-0.39, 0.29) is 18.3 Å². The summed E-state index contributed by atoms with van der Waals surface area (Å²) in [5.74, 6) is 0.779. The molecule has 1 rings (SSSR count). The Morgan fingerprint density at radius 1 is 1.67 bits per heavy atom. The SMILES string of the molecule is CCOc1cnc(NC(C)=O)cc1N.Cl. The van der Waals surface area contributed by atoms with Crippen molar-refractivity contribution < 1.29 is 9.53 Å². The number of nitrogens with one attached hydrogen (secondary N) is 1. The first-order valence-electron chi connectivity index (χ1n) is 4.29. The van der Waals surface area contributed by atoms with E-state index < -0.39 is 0 Å². The quantitative estimate of drug-likeness (QED) is 0.825. The molecule has 0 saturated carbocycles. The number of anilines is 2. The van der Waals surface area contributed by atoms with Gasteiger partial charge in [0.15, 0.2) is 5.75 Å². The average molecular weight is 232 g/mol. The lowest BCUT2D eigenvalue weighted by molar-refractivity contribution is -0.114. The Labute approximate surface area is 94.4 Å². The van der Waals surface area contributed by atoms with Crippen molar-refractivity contribution in [3.05, 3.63) is 12.3 Å². The third-order valence-corrected chi connectivity index (χ3v) is 1.50. The standard InChI is InChI=1S/C9H13N3O2.ClH/c1-3-14-8-5-11-9(4-7(8)10)12-6(2)13;/h4-5H,3H2,1-2H3,(H3,10,11,12,13);1H. The molecular weight excluding hydrogens is 218 g/mol. The van der Waals surface area contributed by atoms with Crippen molar-refractivity contribution in [1.82, 2.24) is 4.98 Å². The molecule has 1 heterocycles. The molecule has 5 nitrogen and oxygen atoms in total. The molecule has 0 bridgehead atoms. The highest BCUT2D eigenvalue weighted by atomic mass is 35.5. The van der Waals surface area contributed by atoms with Gasteiger partial charge in [-0.1, -0.05) is 0 Å². The van der Waals surface area contributed by atoms with Gasteiger partial charge in [0.1, 0.15) is 5.82 Å². The second-order valence-corrected chi connectivity index (χ2v) is 2.72. The normalized spacial score (nSPS) is 8.93. The van der Waals surface area contributed by atoms with Gasteiger partial charge in [-0.15, -0.1) is 12.4 Å². The van der Waals surface area contributed by atoms with Crippen LogP contribution in [0.2, 0.25) is 0 Å². The molecule has 0 fully saturated rings. The molecule has 0 aliphatic carbocycles. The fourth-order valence-corrected chi connectivity index (χ4v) is 0.983. The minimum atomic E-state index is -0.180. The molecule has 1 aromatic rings. The molecule has 0 unspecified atom stereocenters. The summed E-state index contributed by atoms with van der Waals surface area (Å²) in [6.45, 7) is 3.81. The highest BCUT2D eigenvalue weighted by molar-refractivity contribution is 5.88. The van der Waals surface area contributed by atoms with Crippen LogP contribution in [-0.4, -0.2) is 17.5 Å². The summed E-state index contributed by atoms with van der Waals surface area (Å²) < 4.78 is 5.20. The first-order valence-corrected chi connectivity index (χ1v) is 4.29. The van der Waals surface area contributed by atoms with Crippen LogP contribution in [0.15, 0.2) is 12.3 Å². The molecule has 0 aromatic carbocycles. The summed E-state index contributed by atoms with van der Waals surface area (Å²) in [6.07, 6.45) is 1.49. The Morgan fingerprint density at radius 3 is 2.80 bits per heavy atom. The number of nitrogens with two attached hydrogens (primary N) is 1. The fraction of sp³-hybridized carbons (Fsp3) is 0.333. The third kappa shape index (κ3) is 4.03. The lowest BCUT2D eigenvalue weighted by Crippen LogP contribution is -2.08. The Hall–Kier alpha value is -1.49. The number of rotatable bonds is 3. The zero-order chi connectivity index (χ0) is 10.6. The van der Waals surface area contributed by atoms with Crippen LogP contribution in [0.3, 0.4) is 0 Å². The van der Waals surface area contributed by atoms with Crippen LogP contribution in [0.1, 0.15) is 13.8 Å². The lowest BCUT2D eigenvalue weighted by Gasteiger charge is -2.07. The van der Waals surface area contributed by atoms with Crippen molar-refractivity contribution in [1.29, 1.82) is 0 Å². The topological polar surface area (TPSA) is 77.2 Å². The molecule has 3 N–H and O–H groups in total. The number of aromatic nitrogens is 1. The molecule has 0 saturated heterocycles. The number of nitrogens with zero attached hydrogens (tertiary/aromatic N) is 1. The predicted octanol–water partition coefficient (Wildman–Crippen LogP) is 1.44. The van der Waals surface area contributed by atoms with Crippen LogP contribution < -0.4 is 15.8 Å². The summed E-state index contributed by atoms with van der Waals surface area (Å²) in [7, 11) is 0. The van der Waals surface area contributed by atoms with Gasteiger partial charge < -0.3 is 15.8 Å². The van der Waals surface area contributed by atoms with Gasteiger partial charge in [-0.25, -0.2) is 4.98 Å². The third-order valence-electron chi connectivity index (χ3n) is 1.50. The molecule has 0 aliphatic heterocycles. The zero-order valence-corrected chi connectivity index (χ0v) is 9.43. The Balaban J connectivity index is 0.00000196. The van der Waals surface area contributed by atoms with E-state index in [1.807, 2.05) is 6.92 Å². The van der Waals surface area contributed by atoms with E-state index in [4.69, 9.17) is 10.5 Å². The van der Waals surface area contributed by atoms with Gasteiger partial charge in [0.25, 0.3) is 0 Å². The van der Waals surface area contributed by atoms with E-state index in [0.29, 0.717) is 23.9 Å². The van der Waals surface area contributed by atoms with E-state index in [2.05, 4.69) is 10.3 Å². The average Bonchev–Trinajstić information content (AvgIpc) is 2.09. The van der Waals surface area contributed by atoms with Crippen LogP contribution in [0.4, 0.5) is 11.5 Å². The lowest BCUT2D eigenvalue weighted by atomic mass is 10.3. The van der Waals surface area contributed by atoms with Crippen LogP contribution in [0.25, 0.3) is 0 Å². The molecule has 84 valence electrons. The molecule has 1 amide bonds. The number of halogens is 1. The van der Waals surface area contributed by atoms with Crippen LogP contribution >= 0.6 is 12.4 Å². The molecule has 6 heteroatoms. The smallest absolute Gasteiger partial charge is 0.222 e. The highest BCUT2D eigenvalue weighted by Gasteiger charge is 2.03. The van der Waals surface area contributed by atoms with Crippen LogP contribution in [0.5, 0.6) is 5.75 Å². The van der Waals surface area contributed by atoms with Crippen molar-refractivity contribution in [2.24, 2.45) is 0 Å². The molecule has 0 aliphatic rings. The summed E-state index contributed by atoms with van der Waals surface area (Å²) in [5.41, 5.74) is 6.13. The maximum atomic E-state index is 10.7. The largest absolute Gasteiger partial charge is 0.490 e. The molecule has 0 radical (unpaired) electrons. The minimum Gasteiger partial charge on any atom is -0.490 e. The van der Waals surface area contributed by atoms with Crippen molar-refractivity contribution in [3.63, 3.8) is 0 Å². The van der Waals surface area contributed by atoms with E-state index in [0.717, 1.165) is 0 Å². The summed E-state index contributed by atoms with van der Waals surface area (Å²) in [5, 5.41) is 2.53. The first-order chi connectivity index (χ1) is 6.63. The number of hydrogen-bond acceptors (Lipinski definition) is 4. The van der Waals surface area contributed by atoms with Gasteiger partial charge in [-0.05, 0) is 6.92 Å². The first kappa shape index (κ1) is 13.5. The number of pyridine rings is 1. The maximum Gasteiger partial charge on any atom is 0.222 e. The van der Waals surface area contributed by atoms with Gasteiger partial charge in [0.05, 0.1) is 18.5 Å². The van der Waals surface area contributed by atoms with E-state index >= 15 is 0 Å². The Kier molecular flexibility index (Phi) is 5.48. The van der Waals surface area contributed by atoms with Gasteiger partial charge in [0, 0.05) is 13.0 Å². The second-order valence-electron chi connectivity index (χ2n) is 2.72. The van der Waals surface area contributed by atoms with Crippen molar-refractivity contribution in [2.45, 2.75) is 13.8 Å². The number of ether oxygens (including phenoxy) is 1. The maximum absolute atomic E-state index is 10.7.